The van der Waals surface area contributed by atoms with Gasteiger partial charge in [0.1, 0.15) is 11.9 Å². The van der Waals surface area contributed by atoms with E-state index in [4.69, 9.17) is 15.2 Å². The summed E-state index contributed by atoms with van der Waals surface area (Å²) in [5.74, 6) is -0.245. The first kappa shape index (κ1) is 16.4. The average Bonchev–Trinajstić information content (AvgIpc) is 2.53. The summed E-state index contributed by atoms with van der Waals surface area (Å²) in [6, 6.07) is 6.55. The van der Waals surface area contributed by atoms with Crippen molar-refractivity contribution in [2.45, 2.75) is 63.4 Å². The summed E-state index contributed by atoms with van der Waals surface area (Å²) in [5.41, 5.74) is 6.74. The molecule has 21 heavy (non-hydrogen) atoms. The lowest BCUT2D eigenvalue weighted by Crippen LogP contribution is -2.36. The van der Waals surface area contributed by atoms with Gasteiger partial charge in [0.15, 0.2) is 0 Å². The Kier molecular flexibility index (Phi) is 6.15. The molecule has 2 rings (SSSR count). The Bertz CT molecular complexity index is 441. The predicted octanol–water partition coefficient (Wildman–Crippen LogP) is 3.58. The molecule has 1 aromatic rings. The lowest BCUT2D eigenvalue weighted by atomic mass is 9.93. The van der Waals surface area contributed by atoms with Gasteiger partial charge >= 0.3 is 0 Å². The minimum absolute atomic E-state index is 0.0888. The molecular formula is C17H26FNO2. The van der Waals surface area contributed by atoms with Crippen molar-refractivity contribution in [1.82, 2.24) is 0 Å². The third-order valence-corrected chi connectivity index (χ3v) is 4.32. The maximum Gasteiger partial charge on any atom is 0.129 e. The first-order chi connectivity index (χ1) is 10.2. The third kappa shape index (κ3) is 4.25. The van der Waals surface area contributed by atoms with E-state index >= 15 is 0 Å². The lowest BCUT2D eigenvalue weighted by Gasteiger charge is -2.33. The zero-order chi connectivity index (χ0) is 15.2. The van der Waals surface area contributed by atoms with E-state index in [1.165, 1.54) is 6.07 Å². The van der Waals surface area contributed by atoms with Crippen LogP contribution < -0.4 is 5.73 Å². The lowest BCUT2D eigenvalue weighted by molar-refractivity contribution is -0.0755. The van der Waals surface area contributed by atoms with E-state index in [1.807, 2.05) is 13.0 Å². The molecule has 2 N–H and O–H groups in total. The molecule has 1 fully saturated rings. The zero-order valence-electron chi connectivity index (χ0n) is 12.9. The van der Waals surface area contributed by atoms with E-state index in [9.17, 15) is 4.39 Å². The van der Waals surface area contributed by atoms with Crippen molar-refractivity contribution in [3.05, 3.63) is 35.6 Å². The number of methoxy groups -OCH3 is 1. The molecule has 1 saturated carbocycles. The summed E-state index contributed by atoms with van der Waals surface area (Å²) in [7, 11) is 1.74. The molecule has 1 aliphatic carbocycles. The molecule has 0 aliphatic heterocycles. The molecule has 4 heteroatoms. The van der Waals surface area contributed by atoms with Crippen molar-refractivity contribution in [2.75, 3.05) is 7.11 Å². The molecule has 0 bridgehead atoms. The molecule has 4 unspecified atom stereocenters. The summed E-state index contributed by atoms with van der Waals surface area (Å²) in [5, 5.41) is 0. The number of hydrogen-bond acceptors (Lipinski definition) is 3. The van der Waals surface area contributed by atoms with Crippen LogP contribution in [0.4, 0.5) is 4.39 Å². The van der Waals surface area contributed by atoms with E-state index in [0.29, 0.717) is 5.56 Å². The van der Waals surface area contributed by atoms with Gasteiger partial charge in [0.05, 0.1) is 12.2 Å². The van der Waals surface area contributed by atoms with Crippen molar-refractivity contribution in [3.8, 4) is 0 Å². The van der Waals surface area contributed by atoms with Crippen molar-refractivity contribution in [1.29, 1.82) is 0 Å². The summed E-state index contributed by atoms with van der Waals surface area (Å²) < 4.78 is 25.7. The predicted molar refractivity (Wildman–Crippen MR) is 81.5 cm³/mol. The summed E-state index contributed by atoms with van der Waals surface area (Å²) in [6.45, 7) is 2.00. The third-order valence-electron chi connectivity index (χ3n) is 4.32. The SMILES string of the molecule is CCC(N)C(OC1CCCC(OC)C1)c1ccccc1F. The molecule has 0 heterocycles. The molecule has 4 atom stereocenters. The highest BCUT2D eigenvalue weighted by Gasteiger charge is 2.29. The Balaban J connectivity index is 2.12. The van der Waals surface area contributed by atoms with Gasteiger partial charge in [0.25, 0.3) is 0 Å². The van der Waals surface area contributed by atoms with Gasteiger partial charge < -0.3 is 15.2 Å². The Morgan fingerprint density at radius 1 is 1.29 bits per heavy atom. The smallest absolute Gasteiger partial charge is 0.129 e. The second-order valence-electron chi connectivity index (χ2n) is 5.80. The molecule has 0 amide bonds. The van der Waals surface area contributed by atoms with Gasteiger partial charge in [0, 0.05) is 18.7 Å². The Labute approximate surface area is 126 Å². The first-order valence-corrected chi connectivity index (χ1v) is 7.84. The van der Waals surface area contributed by atoms with Crippen LogP contribution in [0, 0.1) is 5.82 Å². The molecule has 0 aromatic heterocycles. The van der Waals surface area contributed by atoms with Gasteiger partial charge in [-0.05, 0) is 38.2 Å². The maximum atomic E-state index is 14.1. The van der Waals surface area contributed by atoms with Crippen LogP contribution in [0.2, 0.25) is 0 Å². The van der Waals surface area contributed by atoms with E-state index in [1.54, 1.807) is 19.2 Å². The van der Waals surface area contributed by atoms with Crippen molar-refractivity contribution >= 4 is 0 Å². The van der Waals surface area contributed by atoms with Crippen molar-refractivity contribution in [2.24, 2.45) is 5.73 Å². The van der Waals surface area contributed by atoms with E-state index in [-0.39, 0.29) is 24.1 Å². The fourth-order valence-electron chi connectivity index (χ4n) is 2.97. The van der Waals surface area contributed by atoms with Crippen molar-refractivity contribution in [3.63, 3.8) is 0 Å². The number of ether oxygens (including phenoxy) is 2. The number of benzene rings is 1. The fraction of sp³-hybridized carbons (Fsp3) is 0.647. The quantitative estimate of drug-likeness (QED) is 0.872. The number of rotatable bonds is 6. The summed E-state index contributed by atoms with van der Waals surface area (Å²) in [6.07, 6.45) is 4.68. The highest BCUT2D eigenvalue weighted by molar-refractivity contribution is 5.21. The van der Waals surface area contributed by atoms with E-state index < -0.39 is 6.10 Å². The number of hydrogen-bond donors (Lipinski definition) is 1. The monoisotopic (exact) mass is 295 g/mol. The van der Waals surface area contributed by atoms with E-state index in [0.717, 1.165) is 32.1 Å². The first-order valence-electron chi connectivity index (χ1n) is 7.84. The molecular weight excluding hydrogens is 269 g/mol. The minimum atomic E-state index is -0.392. The Morgan fingerprint density at radius 3 is 2.67 bits per heavy atom. The maximum absolute atomic E-state index is 14.1. The van der Waals surface area contributed by atoms with Crippen molar-refractivity contribution < 1.29 is 13.9 Å². The summed E-state index contributed by atoms with van der Waals surface area (Å²) in [4.78, 5) is 0. The molecule has 3 nitrogen and oxygen atoms in total. The Morgan fingerprint density at radius 2 is 2.00 bits per heavy atom. The molecule has 0 saturated heterocycles. The van der Waals surface area contributed by atoms with Crippen LogP contribution >= 0.6 is 0 Å². The normalized spacial score (nSPS) is 25.5. The second kappa shape index (κ2) is 7.87. The van der Waals surface area contributed by atoms with Crippen LogP contribution in [0.3, 0.4) is 0 Å². The van der Waals surface area contributed by atoms with Crippen LogP contribution in [-0.4, -0.2) is 25.4 Å². The second-order valence-corrected chi connectivity index (χ2v) is 5.80. The highest BCUT2D eigenvalue weighted by atomic mass is 19.1. The molecule has 1 aliphatic rings. The summed E-state index contributed by atoms with van der Waals surface area (Å²) >= 11 is 0. The fourth-order valence-corrected chi connectivity index (χ4v) is 2.97. The van der Waals surface area contributed by atoms with Gasteiger partial charge in [-0.25, -0.2) is 4.39 Å². The number of halogens is 1. The highest BCUT2D eigenvalue weighted by Crippen LogP contribution is 2.31. The van der Waals surface area contributed by atoms with Crippen LogP contribution in [0.1, 0.15) is 50.7 Å². The topological polar surface area (TPSA) is 44.5 Å². The zero-order valence-corrected chi connectivity index (χ0v) is 12.9. The van der Waals surface area contributed by atoms with Gasteiger partial charge in [-0.15, -0.1) is 0 Å². The van der Waals surface area contributed by atoms with Crippen LogP contribution in [0.15, 0.2) is 24.3 Å². The van der Waals surface area contributed by atoms with Gasteiger partial charge in [-0.2, -0.15) is 0 Å². The molecule has 1 aromatic carbocycles. The standard InChI is InChI=1S/C17H26FNO2/c1-3-16(19)17(14-9-4-5-10-15(14)18)21-13-8-6-7-12(11-13)20-2/h4-5,9-10,12-13,16-17H,3,6-8,11,19H2,1-2H3. The van der Waals surface area contributed by atoms with Gasteiger partial charge in [0.2, 0.25) is 0 Å². The minimum Gasteiger partial charge on any atom is -0.381 e. The van der Waals surface area contributed by atoms with Crippen LogP contribution in [-0.2, 0) is 9.47 Å². The van der Waals surface area contributed by atoms with Gasteiger partial charge in [-0.3, -0.25) is 0 Å². The van der Waals surface area contributed by atoms with E-state index in [2.05, 4.69) is 0 Å². The molecule has 0 spiro atoms. The van der Waals surface area contributed by atoms with Gasteiger partial charge in [-0.1, -0.05) is 25.1 Å². The largest absolute Gasteiger partial charge is 0.381 e. The van der Waals surface area contributed by atoms with Crippen LogP contribution in [0.5, 0.6) is 0 Å². The van der Waals surface area contributed by atoms with Crippen LogP contribution in [0.25, 0.3) is 0 Å². The average molecular weight is 295 g/mol. The number of nitrogens with two attached hydrogens (primary N) is 1. The Hall–Kier alpha value is -0.970. The molecule has 0 radical (unpaired) electrons. The molecule has 118 valence electrons.